The molecule has 0 aliphatic carbocycles. The third kappa shape index (κ3) is 4.99. The van der Waals surface area contributed by atoms with Crippen molar-refractivity contribution in [3.05, 3.63) is 52.9 Å². The summed E-state index contributed by atoms with van der Waals surface area (Å²) >= 11 is 6.40. The van der Waals surface area contributed by atoms with Crippen LogP contribution in [-0.4, -0.2) is 62.1 Å². The number of halogens is 1. The van der Waals surface area contributed by atoms with Crippen molar-refractivity contribution >= 4 is 28.9 Å². The average molecular weight is 527 g/mol. The molecule has 1 fully saturated rings. The number of H-pyrrole nitrogens is 1. The number of rotatable bonds is 10. The van der Waals surface area contributed by atoms with Gasteiger partial charge in [0.2, 0.25) is 0 Å². The molecule has 2 atom stereocenters. The van der Waals surface area contributed by atoms with E-state index in [0.29, 0.717) is 58.9 Å². The number of anilines is 2. The molecule has 0 spiro atoms. The lowest BCUT2D eigenvalue weighted by Gasteiger charge is -2.38. The Balaban J connectivity index is 1.62. The van der Waals surface area contributed by atoms with Crippen LogP contribution in [0.4, 0.5) is 11.4 Å². The monoisotopic (exact) mass is 526 g/mol. The smallest absolute Gasteiger partial charge is 0.255 e. The highest BCUT2D eigenvalue weighted by Crippen LogP contribution is 2.45. The van der Waals surface area contributed by atoms with Crippen molar-refractivity contribution in [2.24, 2.45) is 0 Å². The maximum Gasteiger partial charge on any atom is 0.255 e. The van der Waals surface area contributed by atoms with E-state index < -0.39 is 0 Å². The van der Waals surface area contributed by atoms with E-state index in [1.165, 1.54) is 0 Å². The number of amides is 1. The fourth-order valence-electron chi connectivity index (χ4n) is 4.75. The molecule has 5 rings (SSSR count). The number of aromatic nitrogens is 2. The third-order valence-corrected chi connectivity index (χ3v) is 7.24. The highest BCUT2D eigenvalue weighted by atomic mass is 35.5. The number of para-hydroxylation sites is 1. The van der Waals surface area contributed by atoms with Crippen molar-refractivity contribution in [1.29, 1.82) is 0 Å². The first-order chi connectivity index (χ1) is 17.9. The van der Waals surface area contributed by atoms with Gasteiger partial charge in [-0.1, -0.05) is 17.7 Å². The van der Waals surface area contributed by atoms with Gasteiger partial charge < -0.3 is 34.6 Å². The van der Waals surface area contributed by atoms with Gasteiger partial charge in [-0.05, 0) is 31.5 Å². The topological polar surface area (TPSA) is 107 Å². The first-order valence-electron chi connectivity index (χ1n) is 12.3. The number of aromatic amines is 1. The number of carbonyl (C=O) groups excluding carboxylic acids is 1. The summed E-state index contributed by atoms with van der Waals surface area (Å²) in [4.78, 5) is 21.1. The van der Waals surface area contributed by atoms with Crippen LogP contribution in [0.5, 0.6) is 11.5 Å². The highest BCUT2D eigenvalue weighted by Gasteiger charge is 2.36. The van der Waals surface area contributed by atoms with Gasteiger partial charge >= 0.3 is 0 Å². The molecule has 1 unspecified atom stereocenters. The Kier molecular flexibility index (Phi) is 7.28. The van der Waals surface area contributed by atoms with E-state index in [1.807, 2.05) is 25.1 Å². The molecule has 3 aromatic rings. The molecule has 9 nitrogen and oxygen atoms in total. The molecular formula is C27H31ClN4O5. The van der Waals surface area contributed by atoms with E-state index in [1.54, 1.807) is 32.7 Å². The van der Waals surface area contributed by atoms with Crippen molar-refractivity contribution in [1.82, 2.24) is 15.3 Å². The Hall–Kier alpha value is -3.27. The third-order valence-electron chi connectivity index (χ3n) is 6.94. The number of hydrogen-bond acceptors (Lipinski definition) is 7. The summed E-state index contributed by atoms with van der Waals surface area (Å²) in [6.45, 7) is 4.25. The van der Waals surface area contributed by atoms with Gasteiger partial charge in [-0.2, -0.15) is 0 Å². The number of benzene rings is 1. The van der Waals surface area contributed by atoms with Crippen LogP contribution in [-0.2, 0) is 9.47 Å². The number of nitrogens with zero attached hydrogens (tertiary/aromatic N) is 1. The molecule has 3 N–H and O–H groups in total. The zero-order valence-corrected chi connectivity index (χ0v) is 21.9. The fraction of sp³-hybridized carbons (Fsp3) is 0.407. The molecule has 1 saturated heterocycles. The first kappa shape index (κ1) is 25.4. The van der Waals surface area contributed by atoms with Gasteiger partial charge in [-0.3, -0.25) is 9.78 Å². The molecule has 2 aliphatic rings. The number of nitrogens with one attached hydrogen (secondary N) is 3. The van der Waals surface area contributed by atoms with Crippen molar-refractivity contribution in [2.75, 3.05) is 45.9 Å². The Labute approximate surface area is 220 Å². The van der Waals surface area contributed by atoms with Gasteiger partial charge in [0.05, 0.1) is 47.6 Å². The van der Waals surface area contributed by atoms with Crippen LogP contribution in [0, 0.1) is 0 Å². The summed E-state index contributed by atoms with van der Waals surface area (Å²) in [6, 6.07) is 7.31. The van der Waals surface area contributed by atoms with Crippen molar-refractivity contribution < 1.29 is 23.7 Å². The Morgan fingerprint density at radius 1 is 1.30 bits per heavy atom. The molecule has 37 heavy (non-hydrogen) atoms. The minimum Gasteiger partial charge on any atom is -0.493 e. The molecule has 10 heteroatoms. The second-order valence-corrected chi connectivity index (χ2v) is 9.91. The second-order valence-electron chi connectivity index (χ2n) is 9.51. The Morgan fingerprint density at radius 2 is 2.14 bits per heavy atom. The van der Waals surface area contributed by atoms with Crippen LogP contribution in [0.2, 0.25) is 5.02 Å². The van der Waals surface area contributed by atoms with Gasteiger partial charge in [0.25, 0.3) is 5.91 Å². The maximum absolute atomic E-state index is 13.3. The Morgan fingerprint density at radius 3 is 2.86 bits per heavy atom. The molecule has 0 saturated carbocycles. The quantitative estimate of drug-likeness (QED) is 0.345. The molecule has 0 radical (unpaired) electrons. The van der Waals surface area contributed by atoms with Gasteiger partial charge in [-0.25, -0.2) is 0 Å². The summed E-state index contributed by atoms with van der Waals surface area (Å²) < 4.78 is 22.8. The second kappa shape index (κ2) is 10.6. The summed E-state index contributed by atoms with van der Waals surface area (Å²) in [5.74, 6) is 0.963. The fourth-order valence-corrected chi connectivity index (χ4v) is 5.00. The van der Waals surface area contributed by atoms with E-state index in [4.69, 9.17) is 30.5 Å². The van der Waals surface area contributed by atoms with Gasteiger partial charge in [0.1, 0.15) is 18.0 Å². The number of ether oxygens (including phenoxy) is 4. The SMILES string of the molecule is COCCC1CNC(=O)c2c1[nH]c(-c1ccncc1OC[C@@]1(C)CCO1)c2Nc1cccc(Cl)c1OC. The van der Waals surface area contributed by atoms with Crippen molar-refractivity contribution in [3.8, 4) is 22.8 Å². The van der Waals surface area contributed by atoms with E-state index in [-0.39, 0.29) is 17.4 Å². The first-order valence-corrected chi connectivity index (χ1v) is 12.7. The lowest BCUT2D eigenvalue weighted by molar-refractivity contribution is -0.152. The van der Waals surface area contributed by atoms with Crippen molar-refractivity contribution in [2.45, 2.75) is 31.3 Å². The van der Waals surface area contributed by atoms with Crippen LogP contribution in [0.3, 0.4) is 0 Å². The lowest BCUT2D eigenvalue weighted by atomic mass is 9.93. The van der Waals surface area contributed by atoms with E-state index in [0.717, 1.165) is 30.7 Å². The maximum atomic E-state index is 13.3. The van der Waals surface area contributed by atoms with E-state index in [2.05, 4.69) is 20.6 Å². The van der Waals surface area contributed by atoms with E-state index >= 15 is 0 Å². The summed E-state index contributed by atoms with van der Waals surface area (Å²) in [6.07, 6.45) is 5.07. The highest BCUT2D eigenvalue weighted by molar-refractivity contribution is 6.32. The van der Waals surface area contributed by atoms with Crippen LogP contribution < -0.4 is 20.1 Å². The van der Waals surface area contributed by atoms with Gasteiger partial charge in [-0.15, -0.1) is 0 Å². The number of methoxy groups -OCH3 is 2. The van der Waals surface area contributed by atoms with Gasteiger partial charge in [0, 0.05) is 50.1 Å². The molecule has 1 aromatic carbocycles. The largest absolute Gasteiger partial charge is 0.493 e. The number of hydrogen-bond donors (Lipinski definition) is 3. The molecule has 1 amide bonds. The zero-order chi connectivity index (χ0) is 26.0. The molecule has 2 aromatic heterocycles. The molecular weight excluding hydrogens is 496 g/mol. The molecule has 2 aliphatic heterocycles. The van der Waals surface area contributed by atoms with Crippen molar-refractivity contribution in [3.63, 3.8) is 0 Å². The summed E-state index contributed by atoms with van der Waals surface area (Å²) in [5.41, 5.74) is 3.80. The van der Waals surface area contributed by atoms with Gasteiger partial charge in [0.15, 0.2) is 5.75 Å². The lowest BCUT2D eigenvalue weighted by Crippen LogP contribution is -2.45. The predicted octanol–water partition coefficient (Wildman–Crippen LogP) is 4.90. The molecule has 0 bridgehead atoms. The Bertz CT molecular complexity index is 1290. The minimum absolute atomic E-state index is 0.0525. The summed E-state index contributed by atoms with van der Waals surface area (Å²) in [7, 11) is 3.24. The number of carbonyl (C=O) groups is 1. The van der Waals surface area contributed by atoms with Crippen LogP contribution in [0.25, 0.3) is 11.3 Å². The molecule has 196 valence electrons. The zero-order valence-electron chi connectivity index (χ0n) is 21.2. The summed E-state index contributed by atoms with van der Waals surface area (Å²) in [5, 5.41) is 6.93. The van der Waals surface area contributed by atoms with Crippen LogP contribution in [0.1, 0.15) is 41.7 Å². The minimum atomic E-state index is -0.317. The van der Waals surface area contributed by atoms with Crippen LogP contribution in [0.15, 0.2) is 36.7 Å². The average Bonchev–Trinajstić information content (AvgIpc) is 3.26. The standard InChI is InChI=1S/C27H31ClN4O5/c1-27(9-12-37-27)15-36-20-14-29-10-7-17(20)23-24(31-19-6-4-5-18(28)25(19)35-3)21-22(32-23)16(8-11-34-2)13-30-26(21)33/h4-7,10,14,16,31-32H,8-9,11-13,15H2,1-3H3,(H,30,33)/t16?,27-/m1/s1. The predicted molar refractivity (Wildman–Crippen MR) is 141 cm³/mol. The number of pyridine rings is 1. The van der Waals surface area contributed by atoms with E-state index in [9.17, 15) is 4.79 Å². The number of fused-ring (bicyclic) bond motifs is 1. The van der Waals surface area contributed by atoms with Crippen LogP contribution >= 0.6 is 11.6 Å². The normalized spacial score (nSPS) is 20.5. The molecule has 4 heterocycles.